The van der Waals surface area contributed by atoms with E-state index in [0.29, 0.717) is 23.7 Å². The molecule has 1 aliphatic heterocycles. The van der Waals surface area contributed by atoms with Crippen molar-refractivity contribution < 1.29 is 14.7 Å². The Morgan fingerprint density at radius 2 is 2.14 bits per heavy atom. The van der Waals surface area contributed by atoms with Gasteiger partial charge in [0.05, 0.1) is 17.1 Å². The molecule has 0 spiro atoms. The van der Waals surface area contributed by atoms with E-state index in [0.717, 1.165) is 9.88 Å². The van der Waals surface area contributed by atoms with E-state index in [2.05, 4.69) is 15.3 Å². The summed E-state index contributed by atoms with van der Waals surface area (Å²) in [6, 6.07) is 7.31. The zero-order chi connectivity index (χ0) is 19.7. The molecule has 1 fully saturated rings. The molecule has 8 nitrogen and oxygen atoms in total. The molecule has 0 saturated carbocycles. The first kappa shape index (κ1) is 18.5. The minimum Gasteiger partial charge on any atom is -0.378 e. The molecule has 0 radical (unpaired) electrons. The maximum Gasteiger partial charge on any atom is 0.275 e. The number of anilines is 2. The van der Waals surface area contributed by atoms with Crippen LogP contribution < -0.4 is 16.0 Å². The Morgan fingerprint density at radius 3 is 2.86 bits per heavy atom. The SMILES string of the molecule is NC(=O)C1(O)CCN(c2ncccc2NC(=O)c2csc(-c3cccs3)n2)C1. The van der Waals surface area contributed by atoms with Crippen LogP contribution in [0.25, 0.3) is 9.88 Å². The van der Waals surface area contributed by atoms with Gasteiger partial charge in [0.25, 0.3) is 11.8 Å². The molecular formula is C18H17N5O3S2. The lowest BCUT2D eigenvalue weighted by Gasteiger charge is -2.22. The highest BCUT2D eigenvalue weighted by Gasteiger charge is 2.42. The molecule has 0 bridgehead atoms. The van der Waals surface area contributed by atoms with E-state index >= 15 is 0 Å². The summed E-state index contributed by atoms with van der Waals surface area (Å²) in [7, 11) is 0. The number of β-amino-alcohol motifs (C(OH)–C–C–N with tert-alkyl or cyclic N) is 1. The topological polar surface area (TPSA) is 121 Å². The third-order valence-electron chi connectivity index (χ3n) is 4.51. The first-order chi connectivity index (χ1) is 13.5. The van der Waals surface area contributed by atoms with Crippen molar-refractivity contribution in [3.8, 4) is 9.88 Å². The summed E-state index contributed by atoms with van der Waals surface area (Å²) < 4.78 is 0. The molecular weight excluding hydrogens is 398 g/mol. The first-order valence-electron chi connectivity index (χ1n) is 8.49. The maximum atomic E-state index is 12.7. The van der Waals surface area contributed by atoms with Gasteiger partial charge in [0.1, 0.15) is 10.7 Å². The molecule has 144 valence electrons. The summed E-state index contributed by atoms with van der Waals surface area (Å²) >= 11 is 2.97. The van der Waals surface area contributed by atoms with Gasteiger partial charge in [-0.3, -0.25) is 9.59 Å². The van der Waals surface area contributed by atoms with E-state index in [1.807, 2.05) is 17.5 Å². The van der Waals surface area contributed by atoms with Gasteiger partial charge in [0.2, 0.25) is 0 Å². The van der Waals surface area contributed by atoms with Gasteiger partial charge in [-0.2, -0.15) is 0 Å². The van der Waals surface area contributed by atoms with Crippen molar-refractivity contribution in [2.75, 3.05) is 23.3 Å². The van der Waals surface area contributed by atoms with E-state index in [-0.39, 0.29) is 18.9 Å². The Labute approximate surface area is 168 Å². The molecule has 4 heterocycles. The van der Waals surface area contributed by atoms with E-state index in [4.69, 9.17) is 5.73 Å². The minimum absolute atomic E-state index is 0.0292. The van der Waals surface area contributed by atoms with Crippen LogP contribution in [0.2, 0.25) is 0 Å². The predicted octanol–water partition coefficient (Wildman–Crippen LogP) is 1.95. The van der Waals surface area contributed by atoms with Crippen LogP contribution in [0, 0.1) is 0 Å². The summed E-state index contributed by atoms with van der Waals surface area (Å²) in [4.78, 5) is 35.6. The molecule has 3 aromatic heterocycles. The fourth-order valence-corrected chi connectivity index (χ4v) is 4.61. The summed E-state index contributed by atoms with van der Waals surface area (Å²) in [5.74, 6) is -0.639. The summed E-state index contributed by atoms with van der Waals surface area (Å²) in [6.45, 7) is 0.431. The third-order valence-corrected chi connectivity index (χ3v) is 6.39. The summed E-state index contributed by atoms with van der Waals surface area (Å²) in [5.41, 5.74) is 4.50. The second-order valence-electron chi connectivity index (χ2n) is 6.41. The number of hydrogen-bond acceptors (Lipinski definition) is 8. The fourth-order valence-electron chi connectivity index (χ4n) is 3.00. The third kappa shape index (κ3) is 3.49. The molecule has 1 unspecified atom stereocenters. The monoisotopic (exact) mass is 415 g/mol. The number of thiazole rings is 1. The Kier molecular flexibility index (Phi) is 4.84. The number of nitrogens with zero attached hydrogens (tertiary/aromatic N) is 3. The number of thiophene rings is 1. The molecule has 0 aromatic carbocycles. The molecule has 2 amide bonds. The van der Waals surface area contributed by atoms with Gasteiger partial charge in [-0.1, -0.05) is 6.07 Å². The van der Waals surface area contributed by atoms with E-state index in [9.17, 15) is 14.7 Å². The summed E-state index contributed by atoms with van der Waals surface area (Å²) in [5, 5.41) is 17.6. The molecule has 1 saturated heterocycles. The number of nitrogens with one attached hydrogen (secondary N) is 1. The zero-order valence-electron chi connectivity index (χ0n) is 14.7. The van der Waals surface area contributed by atoms with Crippen molar-refractivity contribution in [3.05, 3.63) is 46.9 Å². The molecule has 0 aliphatic carbocycles. The number of aromatic nitrogens is 2. The maximum absolute atomic E-state index is 12.7. The van der Waals surface area contributed by atoms with Crippen molar-refractivity contribution >= 4 is 46.0 Å². The van der Waals surface area contributed by atoms with Gasteiger partial charge in [0, 0.05) is 24.5 Å². The van der Waals surface area contributed by atoms with Gasteiger partial charge < -0.3 is 21.1 Å². The van der Waals surface area contributed by atoms with Crippen molar-refractivity contribution in [2.24, 2.45) is 5.73 Å². The highest BCUT2D eigenvalue weighted by atomic mass is 32.1. The van der Waals surface area contributed by atoms with E-state index in [1.165, 1.54) is 11.3 Å². The Hall–Kier alpha value is -2.82. The number of primary amides is 1. The largest absolute Gasteiger partial charge is 0.378 e. The summed E-state index contributed by atoms with van der Waals surface area (Å²) in [6.07, 6.45) is 1.80. The second-order valence-corrected chi connectivity index (χ2v) is 8.22. The Bertz CT molecular complexity index is 1020. The van der Waals surface area contributed by atoms with Crippen LogP contribution in [0.4, 0.5) is 11.5 Å². The van der Waals surface area contributed by atoms with Crippen LogP contribution in [0.15, 0.2) is 41.2 Å². The highest BCUT2D eigenvalue weighted by molar-refractivity contribution is 7.20. The van der Waals surface area contributed by atoms with Crippen LogP contribution in [0.5, 0.6) is 0 Å². The van der Waals surface area contributed by atoms with E-state index in [1.54, 1.807) is 39.9 Å². The lowest BCUT2D eigenvalue weighted by Crippen LogP contribution is -2.46. The second kappa shape index (κ2) is 7.30. The van der Waals surface area contributed by atoms with Crippen LogP contribution >= 0.6 is 22.7 Å². The van der Waals surface area contributed by atoms with Gasteiger partial charge in [0.15, 0.2) is 11.4 Å². The number of rotatable bonds is 5. The molecule has 28 heavy (non-hydrogen) atoms. The van der Waals surface area contributed by atoms with Crippen molar-refractivity contribution in [1.29, 1.82) is 0 Å². The Balaban J connectivity index is 1.53. The van der Waals surface area contributed by atoms with Gasteiger partial charge in [-0.15, -0.1) is 22.7 Å². The van der Waals surface area contributed by atoms with E-state index < -0.39 is 11.5 Å². The number of carbonyl (C=O) groups excluding carboxylic acids is 2. The number of carbonyl (C=O) groups is 2. The van der Waals surface area contributed by atoms with Gasteiger partial charge in [-0.05, 0) is 23.6 Å². The van der Waals surface area contributed by atoms with Gasteiger partial charge in [-0.25, -0.2) is 9.97 Å². The predicted molar refractivity (Wildman–Crippen MR) is 109 cm³/mol. The standard InChI is InChI=1S/C18H17N5O3S2/c19-17(25)18(26)5-7-23(10-18)14-11(3-1-6-20-14)21-15(24)12-9-28-16(22-12)13-4-2-8-27-13/h1-4,6,8-9,26H,5,7,10H2,(H2,19,25)(H,21,24). The first-order valence-corrected chi connectivity index (χ1v) is 10.3. The fraction of sp³-hybridized carbons (Fsp3) is 0.222. The molecule has 1 aliphatic rings. The number of nitrogens with two attached hydrogens (primary N) is 1. The molecule has 10 heteroatoms. The number of pyridine rings is 1. The quantitative estimate of drug-likeness (QED) is 0.586. The smallest absolute Gasteiger partial charge is 0.275 e. The lowest BCUT2D eigenvalue weighted by atomic mass is 10.0. The van der Waals surface area contributed by atoms with Crippen molar-refractivity contribution in [3.63, 3.8) is 0 Å². The lowest BCUT2D eigenvalue weighted by molar-refractivity contribution is -0.134. The minimum atomic E-state index is -1.59. The van der Waals surface area contributed by atoms with Crippen molar-refractivity contribution in [1.82, 2.24) is 9.97 Å². The average molecular weight is 416 g/mol. The number of aliphatic hydroxyl groups is 1. The molecule has 3 aromatic rings. The molecule has 1 atom stereocenters. The van der Waals surface area contributed by atoms with Crippen LogP contribution in [-0.4, -0.2) is 45.6 Å². The molecule has 4 N–H and O–H groups in total. The van der Waals surface area contributed by atoms with Crippen LogP contribution in [0.3, 0.4) is 0 Å². The van der Waals surface area contributed by atoms with Crippen molar-refractivity contribution in [2.45, 2.75) is 12.0 Å². The number of amides is 2. The van der Waals surface area contributed by atoms with Crippen LogP contribution in [0.1, 0.15) is 16.9 Å². The average Bonchev–Trinajstić information content (AvgIpc) is 3.43. The van der Waals surface area contributed by atoms with Crippen LogP contribution in [-0.2, 0) is 4.79 Å². The Morgan fingerprint density at radius 1 is 1.29 bits per heavy atom. The number of hydrogen-bond donors (Lipinski definition) is 3. The molecule has 4 rings (SSSR count). The normalized spacial score (nSPS) is 19.0. The van der Waals surface area contributed by atoms with Gasteiger partial charge >= 0.3 is 0 Å². The zero-order valence-corrected chi connectivity index (χ0v) is 16.3. The highest BCUT2D eigenvalue weighted by Crippen LogP contribution is 2.31.